The number of methoxy groups -OCH3 is 1. The summed E-state index contributed by atoms with van der Waals surface area (Å²) >= 11 is 0. The van der Waals surface area contributed by atoms with E-state index in [9.17, 15) is 14.4 Å². The highest BCUT2D eigenvalue weighted by Gasteiger charge is 2.37. The number of benzene rings is 2. The first-order valence-electron chi connectivity index (χ1n) is 10.8. The number of carbonyl (C=O) groups excluding carboxylic acids is 3. The number of fused-ring (bicyclic) bond motifs is 1. The third-order valence-electron chi connectivity index (χ3n) is 5.76. The Bertz CT molecular complexity index is 1180. The molecule has 0 spiro atoms. The zero-order valence-electron chi connectivity index (χ0n) is 18.7. The summed E-state index contributed by atoms with van der Waals surface area (Å²) in [4.78, 5) is 37.9. The molecule has 10 heteroatoms. The van der Waals surface area contributed by atoms with Crippen LogP contribution in [0.5, 0.6) is 5.75 Å². The molecule has 3 aromatic rings. The van der Waals surface area contributed by atoms with Crippen LogP contribution in [0.1, 0.15) is 39.9 Å². The lowest BCUT2D eigenvalue weighted by Crippen LogP contribution is -2.45. The molecule has 2 amide bonds. The van der Waals surface area contributed by atoms with Gasteiger partial charge in [0, 0.05) is 24.1 Å². The average molecular weight is 463 g/mol. The van der Waals surface area contributed by atoms with Crippen molar-refractivity contribution in [1.29, 1.82) is 0 Å². The predicted molar refractivity (Wildman–Crippen MR) is 120 cm³/mol. The van der Waals surface area contributed by atoms with Crippen molar-refractivity contribution >= 4 is 17.8 Å². The maximum absolute atomic E-state index is 13.0. The highest BCUT2D eigenvalue weighted by atomic mass is 16.5. The third kappa shape index (κ3) is 5.06. The van der Waals surface area contributed by atoms with Crippen molar-refractivity contribution in [3.8, 4) is 5.75 Å². The Hall–Kier alpha value is -4.21. The number of hydrogen-bond donors (Lipinski definition) is 1. The van der Waals surface area contributed by atoms with E-state index in [0.29, 0.717) is 30.0 Å². The van der Waals surface area contributed by atoms with Crippen molar-refractivity contribution in [3.05, 3.63) is 77.4 Å². The molecule has 176 valence electrons. The highest BCUT2D eigenvalue weighted by molar-refractivity contribution is 6.01. The summed E-state index contributed by atoms with van der Waals surface area (Å²) in [5.41, 5.74) is 8.78. The van der Waals surface area contributed by atoms with Crippen LogP contribution in [0, 0.1) is 0 Å². The Kier molecular flexibility index (Phi) is 6.86. The summed E-state index contributed by atoms with van der Waals surface area (Å²) in [5.74, 6) is -0.878. The van der Waals surface area contributed by atoms with Crippen LogP contribution in [0.2, 0.25) is 0 Å². The van der Waals surface area contributed by atoms with E-state index in [0.717, 1.165) is 11.1 Å². The van der Waals surface area contributed by atoms with Gasteiger partial charge in [0.05, 0.1) is 13.7 Å². The third-order valence-corrected chi connectivity index (χ3v) is 5.76. The number of rotatable bonds is 10. The number of nitrogens with two attached hydrogens (primary N) is 1. The highest BCUT2D eigenvalue weighted by Crippen LogP contribution is 2.33. The molecule has 0 bridgehead atoms. The summed E-state index contributed by atoms with van der Waals surface area (Å²) in [5, 5.41) is 7.60. The van der Waals surface area contributed by atoms with Crippen LogP contribution in [-0.2, 0) is 34.0 Å². The van der Waals surface area contributed by atoms with Gasteiger partial charge in [0.2, 0.25) is 5.91 Å². The van der Waals surface area contributed by atoms with Crippen LogP contribution in [0.25, 0.3) is 0 Å². The maximum atomic E-state index is 13.0. The fourth-order valence-electron chi connectivity index (χ4n) is 3.94. The van der Waals surface area contributed by atoms with E-state index in [4.69, 9.17) is 10.5 Å². The number of ether oxygens (including phenoxy) is 2. The molecule has 1 aliphatic rings. The second-order valence-electron chi connectivity index (χ2n) is 7.99. The van der Waals surface area contributed by atoms with Gasteiger partial charge in [-0.2, -0.15) is 0 Å². The largest absolute Gasteiger partial charge is 0.489 e. The molecule has 2 N–H and O–H groups in total. The van der Waals surface area contributed by atoms with Crippen LogP contribution in [-0.4, -0.2) is 50.6 Å². The fraction of sp³-hybridized carbons (Fsp3) is 0.292. The number of aromatic nitrogens is 3. The van der Waals surface area contributed by atoms with Crippen LogP contribution >= 0.6 is 0 Å². The number of carbonyl (C=O) groups is 3. The number of amides is 2. The van der Waals surface area contributed by atoms with Crippen molar-refractivity contribution in [2.75, 3.05) is 7.11 Å². The Morgan fingerprint density at radius 2 is 1.79 bits per heavy atom. The van der Waals surface area contributed by atoms with Gasteiger partial charge in [0.1, 0.15) is 31.1 Å². The Morgan fingerprint density at radius 1 is 1.09 bits per heavy atom. The minimum Gasteiger partial charge on any atom is -0.489 e. The smallest absolute Gasteiger partial charge is 0.305 e. The standard InChI is InChI=1S/C24H25N5O5/c1-33-22(30)10-9-20(23(25)31)29-12-19-18(24(29)32)3-2-4-21(19)34-13-17-7-5-16(6-8-17)11-28-14-26-27-15-28/h2-8,14-15,20H,9-13H2,1H3,(H2,25,31). The SMILES string of the molecule is COC(=O)CCC(C(N)=O)N1Cc2c(OCc3ccc(Cn4cnnc4)cc3)cccc2C1=O. The van der Waals surface area contributed by atoms with E-state index in [1.807, 2.05) is 28.8 Å². The molecule has 10 nitrogen and oxygen atoms in total. The van der Waals surface area contributed by atoms with E-state index in [1.165, 1.54) is 12.0 Å². The predicted octanol–water partition coefficient (Wildman–Crippen LogP) is 1.67. The molecule has 1 aliphatic heterocycles. The Morgan fingerprint density at radius 3 is 2.47 bits per heavy atom. The summed E-state index contributed by atoms with van der Waals surface area (Å²) in [6.07, 6.45) is 3.41. The van der Waals surface area contributed by atoms with E-state index in [-0.39, 0.29) is 25.3 Å². The summed E-state index contributed by atoms with van der Waals surface area (Å²) < 4.78 is 12.6. The van der Waals surface area contributed by atoms with Gasteiger partial charge in [-0.05, 0) is 29.7 Å². The van der Waals surface area contributed by atoms with Gasteiger partial charge in [-0.1, -0.05) is 30.3 Å². The van der Waals surface area contributed by atoms with E-state index in [1.54, 1.807) is 30.9 Å². The normalized spacial score (nSPS) is 13.4. The second-order valence-corrected chi connectivity index (χ2v) is 7.99. The monoisotopic (exact) mass is 463 g/mol. The molecule has 0 radical (unpaired) electrons. The fourth-order valence-corrected chi connectivity index (χ4v) is 3.94. The maximum Gasteiger partial charge on any atom is 0.305 e. The Labute approximate surface area is 196 Å². The average Bonchev–Trinajstić information content (AvgIpc) is 3.47. The first-order valence-corrected chi connectivity index (χ1v) is 10.8. The zero-order valence-corrected chi connectivity index (χ0v) is 18.7. The molecule has 2 aromatic carbocycles. The molecule has 1 atom stereocenters. The quantitative estimate of drug-likeness (QED) is 0.453. The summed E-state index contributed by atoms with van der Waals surface area (Å²) in [6.45, 7) is 1.17. The van der Waals surface area contributed by atoms with Crippen LogP contribution in [0.15, 0.2) is 55.1 Å². The lowest BCUT2D eigenvalue weighted by atomic mass is 10.1. The number of primary amides is 1. The molecule has 34 heavy (non-hydrogen) atoms. The van der Waals surface area contributed by atoms with Crippen LogP contribution < -0.4 is 10.5 Å². The van der Waals surface area contributed by atoms with Crippen molar-refractivity contribution < 1.29 is 23.9 Å². The molecule has 1 unspecified atom stereocenters. The summed E-state index contributed by atoms with van der Waals surface area (Å²) in [6, 6.07) is 12.3. The van der Waals surface area contributed by atoms with Gasteiger partial charge in [-0.3, -0.25) is 14.4 Å². The molecule has 2 heterocycles. The Balaban J connectivity index is 1.43. The molecule has 0 aliphatic carbocycles. The van der Waals surface area contributed by atoms with Crippen molar-refractivity contribution in [2.24, 2.45) is 5.73 Å². The van der Waals surface area contributed by atoms with Gasteiger partial charge in [0.25, 0.3) is 5.91 Å². The topological polar surface area (TPSA) is 130 Å². The summed E-state index contributed by atoms with van der Waals surface area (Å²) in [7, 11) is 1.27. The second kappa shape index (κ2) is 10.2. The molecular weight excluding hydrogens is 438 g/mol. The van der Waals surface area contributed by atoms with Crippen molar-refractivity contribution in [3.63, 3.8) is 0 Å². The first kappa shape index (κ1) is 23.0. The minimum absolute atomic E-state index is 0.0130. The first-order chi connectivity index (χ1) is 16.5. The van der Waals surface area contributed by atoms with Crippen LogP contribution in [0.4, 0.5) is 0 Å². The number of esters is 1. The van der Waals surface area contributed by atoms with Crippen molar-refractivity contribution in [2.45, 2.75) is 38.6 Å². The van der Waals surface area contributed by atoms with Gasteiger partial charge >= 0.3 is 5.97 Å². The van der Waals surface area contributed by atoms with Crippen molar-refractivity contribution in [1.82, 2.24) is 19.7 Å². The molecule has 0 saturated heterocycles. The number of nitrogens with zero attached hydrogens (tertiary/aromatic N) is 4. The van der Waals surface area contributed by atoms with Gasteiger partial charge in [-0.25, -0.2) is 0 Å². The van der Waals surface area contributed by atoms with Gasteiger partial charge in [-0.15, -0.1) is 10.2 Å². The minimum atomic E-state index is -0.912. The van der Waals surface area contributed by atoms with E-state index < -0.39 is 17.9 Å². The zero-order chi connectivity index (χ0) is 24.1. The van der Waals surface area contributed by atoms with Gasteiger partial charge in [0.15, 0.2) is 0 Å². The van der Waals surface area contributed by atoms with Crippen LogP contribution in [0.3, 0.4) is 0 Å². The lowest BCUT2D eigenvalue weighted by molar-refractivity contribution is -0.141. The molecule has 0 saturated carbocycles. The van der Waals surface area contributed by atoms with E-state index in [2.05, 4.69) is 14.9 Å². The van der Waals surface area contributed by atoms with Gasteiger partial charge < -0.3 is 24.7 Å². The molecule has 1 aromatic heterocycles. The van der Waals surface area contributed by atoms with E-state index >= 15 is 0 Å². The lowest BCUT2D eigenvalue weighted by Gasteiger charge is -2.24. The molecular formula is C24H25N5O5. The molecule has 4 rings (SSSR count). The molecule has 0 fully saturated rings. The number of hydrogen-bond acceptors (Lipinski definition) is 7.